The summed E-state index contributed by atoms with van der Waals surface area (Å²) in [5.41, 5.74) is 1.25. The molecule has 0 saturated heterocycles. The maximum absolute atomic E-state index is 12.4. The van der Waals surface area contributed by atoms with Gasteiger partial charge in [-0.05, 0) is 42.8 Å². The van der Waals surface area contributed by atoms with E-state index in [1.807, 2.05) is 12.1 Å². The van der Waals surface area contributed by atoms with Gasteiger partial charge in [-0.3, -0.25) is 4.79 Å². The van der Waals surface area contributed by atoms with Gasteiger partial charge in [-0.1, -0.05) is 19.8 Å². The van der Waals surface area contributed by atoms with Crippen LogP contribution in [0.5, 0.6) is 17.2 Å². The molecule has 132 valence electrons. The van der Waals surface area contributed by atoms with Crippen LogP contribution in [-0.2, 0) is 0 Å². The van der Waals surface area contributed by atoms with Crippen molar-refractivity contribution in [3.05, 3.63) is 48.0 Å². The van der Waals surface area contributed by atoms with Gasteiger partial charge in [0.25, 0.3) is 5.91 Å². The summed E-state index contributed by atoms with van der Waals surface area (Å²) in [5.74, 6) is 1.97. The fourth-order valence-corrected chi connectivity index (χ4v) is 2.57. The van der Waals surface area contributed by atoms with Crippen LogP contribution in [0.4, 0.5) is 5.69 Å². The maximum Gasteiger partial charge on any atom is 0.255 e. The molecule has 0 atom stereocenters. The number of hydrogen-bond donors (Lipinski definition) is 1. The Kier molecular flexibility index (Phi) is 5.77. The van der Waals surface area contributed by atoms with Crippen molar-refractivity contribution in [3.63, 3.8) is 0 Å². The molecule has 3 rings (SSSR count). The van der Waals surface area contributed by atoms with Gasteiger partial charge in [0.05, 0.1) is 6.61 Å². The van der Waals surface area contributed by atoms with Crippen LogP contribution >= 0.6 is 0 Å². The molecule has 0 aliphatic carbocycles. The Morgan fingerprint density at radius 1 is 1.04 bits per heavy atom. The first-order valence-electron chi connectivity index (χ1n) is 8.70. The summed E-state index contributed by atoms with van der Waals surface area (Å²) in [6, 6.07) is 12.6. The zero-order valence-corrected chi connectivity index (χ0v) is 14.4. The second-order valence-corrected chi connectivity index (χ2v) is 5.89. The Morgan fingerprint density at radius 2 is 1.80 bits per heavy atom. The van der Waals surface area contributed by atoms with Gasteiger partial charge in [0.1, 0.15) is 19.0 Å². The van der Waals surface area contributed by atoms with Crippen molar-refractivity contribution in [2.24, 2.45) is 0 Å². The molecule has 1 aliphatic rings. The Morgan fingerprint density at radius 3 is 2.56 bits per heavy atom. The van der Waals surface area contributed by atoms with Crippen LogP contribution in [0.3, 0.4) is 0 Å². The highest BCUT2D eigenvalue weighted by atomic mass is 16.6. The molecular weight excluding hydrogens is 318 g/mol. The van der Waals surface area contributed by atoms with E-state index in [1.54, 1.807) is 30.3 Å². The highest BCUT2D eigenvalue weighted by molar-refractivity contribution is 6.04. The Hall–Kier alpha value is -2.69. The molecular formula is C20H23NO4. The van der Waals surface area contributed by atoms with Crippen LogP contribution < -0.4 is 19.5 Å². The Labute approximate surface area is 147 Å². The molecule has 0 aromatic heterocycles. The van der Waals surface area contributed by atoms with Gasteiger partial charge in [0, 0.05) is 17.3 Å². The quantitative estimate of drug-likeness (QED) is 0.764. The molecule has 2 aromatic rings. The van der Waals surface area contributed by atoms with Crippen molar-refractivity contribution in [3.8, 4) is 17.2 Å². The number of unbranched alkanes of at least 4 members (excludes halogenated alkanes) is 2. The summed E-state index contributed by atoms with van der Waals surface area (Å²) in [5, 5.41) is 2.87. The van der Waals surface area contributed by atoms with E-state index in [1.165, 1.54) is 6.42 Å². The number of rotatable bonds is 7. The zero-order chi connectivity index (χ0) is 17.5. The first-order valence-corrected chi connectivity index (χ1v) is 8.70. The minimum atomic E-state index is -0.172. The minimum absolute atomic E-state index is 0.172. The fraction of sp³-hybridized carbons (Fsp3) is 0.350. The number of hydrogen-bond acceptors (Lipinski definition) is 4. The monoisotopic (exact) mass is 341 g/mol. The lowest BCUT2D eigenvalue weighted by Gasteiger charge is -2.19. The molecule has 0 radical (unpaired) electrons. The number of nitrogens with one attached hydrogen (secondary N) is 1. The average molecular weight is 341 g/mol. The van der Waals surface area contributed by atoms with Crippen LogP contribution in [-0.4, -0.2) is 25.7 Å². The van der Waals surface area contributed by atoms with E-state index in [0.29, 0.717) is 42.6 Å². The first-order chi connectivity index (χ1) is 12.3. The van der Waals surface area contributed by atoms with Crippen molar-refractivity contribution >= 4 is 11.6 Å². The molecule has 0 saturated carbocycles. The Balaban J connectivity index is 1.57. The van der Waals surface area contributed by atoms with E-state index >= 15 is 0 Å². The lowest BCUT2D eigenvalue weighted by atomic mass is 10.2. The molecule has 5 nitrogen and oxygen atoms in total. The number of fused-ring (bicyclic) bond motifs is 1. The summed E-state index contributed by atoms with van der Waals surface area (Å²) in [4.78, 5) is 12.4. The maximum atomic E-state index is 12.4. The van der Waals surface area contributed by atoms with Gasteiger partial charge in [0.2, 0.25) is 0 Å². The number of anilines is 1. The molecule has 1 N–H and O–H groups in total. The summed E-state index contributed by atoms with van der Waals surface area (Å²) >= 11 is 0. The first kappa shape index (κ1) is 17.1. The molecule has 1 amide bonds. The van der Waals surface area contributed by atoms with Crippen LogP contribution in [0.2, 0.25) is 0 Å². The predicted octanol–water partition coefficient (Wildman–Crippen LogP) is 4.28. The minimum Gasteiger partial charge on any atom is -0.494 e. The van der Waals surface area contributed by atoms with Gasteiger partial charge in [0.15, 0.2) is 11.5 Å². The largest absolute Gasteiger partial charge is 0.494 e. The van der Waals surface area contributed by atoms with E-state index in [4.69, 9.17) is 14.2 Å². The van der Waals surface area contributed by atoms with Crippen LogP contribution in [0, 0.1) is 0 Å². The normalized spacial score (nSPS) is 12.5. The number of carbonyl (C=O) groups is 1. The number of ether oxygens (including phenoxy) is 3. The lowest BCUT2D eigenvalue weighted by Crippen LogP contribution is -2.16. The molecule has 1 heterocycles. The molecule has 0 spiro atoms. The molecule has 5 heteroatoms. The number of carbonyl (C=O) groups excluding carboxylic acids is 1. The summed E-state index contributed by atoms with van der Waals surface area (Å²) in [6.45, 7) is 3.93. The molecule has 2 aromatic carbocycles. The Bertz CT molecular complexity index is 712. The lowest BCUT2D eigenvalue weighted by molar-refractivity contribution is 0.102. The third-order valence-electron chi connectivity index (χ3n) is 3.93. The van der Waals surface area contributed by atoms with Crippen molar-refractivity contribution in [1.82, 2.24) is 0 Å². The topological polar surface area (TPSA) is 56.8 Å². The van der Waals surface area contributed by atoms with Crippen molar-refractivity contribution in [1.29, 1.82) is 0 Å². The van der Waals surface area contributed by atoms with Crippen LogP contribution in [0.25, 0.3) is 0 Å². The molecule has 1 aliphatic heterocycles. The highest BCUT2D eigenvalue weighted by Gasteiger charge is 2.13. The predicted molar refractivity (Wildman–Crippen MR) is 96.8 cm³/mol. The van der Waals surface area contributed by atoms with Gasteiger partial charge in [-0.25, -0.2) is 0 Å². The smallest absolute Gasteiger partial charge is 0.255 e. The SMILES string of the molecule is CCCCCOc1ccc(C(=O)Nc2ccc3c(c2)OCCO3)cc1. The van der Waals surface area contributed by atoms with Crippen molar-refractivity contribution in [2.75, 3.05) is 25.1 Å². The summed E-state index contributed by atoms with van der Waals surface area (Å²) in [6.07, 6.45) is 3.38. The molecule has 25 heavy (non-hydrogen) atoms. The standard InChI is InChI=1S/C20H23NO4/c1-2-3-4-11-23-17-8-5-15(6-9-17)20(22)21-16-7-10-18-19(14-16)25-13-12-24-18/h5-10,14H,2-4,11-13H2,1H3,(H,21,22). The fourth-order valence-electron chi connectivity index (χ4n) is 2.57. The van der Waals surface area contributed by atoms with Crippen molar-refractivity contribution in [2.45, 2.75) is 26.2 Å². The van der Waals surface area contributed by atoms with Gasteiger partial charge >= 0.3 is 0 Å². The van der Waals surface area contributed by atoms with Crippen LogP contribution in [0.15, 0.2) is 42.5 Å². The second-order valence-electron chi connectivity index (χ2n) is 5.89. The van der Waals surface area contributed by atoms with E-state index in [0.717, 1.165) is 18.6 Å². The van der Waals surface area contributed by atoms with Gasteiger partial charge in [-0.15, -0.1) is 0 Å². The van der Waals surface area contributed by atoms with E-state index in [-0.39, 0.29) is 5.91 Å². The van der Waals surface area contributed by atoms with Crippen molar-refractivity contribution < 1.29 is 19.0 Å². The van der Waals surface area contributed by atoms with Crippen LogP contribution in [0.1, 0.15) is 36.5 Å². The van der Waals surface area contributed by atoms with Gasteiger partial charge in [-0.2, -0.15) is 0 Å². The third-order valence-corrected chi connectivity index (χ3v) is 3.93. The van der Waals surface area contributed by atoms with E-state index in [9.17, 15) is 4.79 Å². The summed E-state index contributed by atoms with van der Waals surface area (Å²) < 4.78 is 16.7. The molecule has 0 unspecified atom stereocenters. The third kappa shape index (κ3) is 4.66. The van der Waals surface area contributed by atoms with E-state index < -0.39 is 0 Å². The average Bonchev–Trinajstić information content (AvgIpc) is 2.65. The zero-order valence-electron chi connectivity index (χ0n) is 14.4. The van der Waals surface area contributed by atoms with E-state index in [2.05, 4.69) is 12.2 Å². The van der Waals surface area contributed by atoms with Gasteiger partial charge < -0.3 is 19.5 Å². The number of benzene rings is 2. The molecule has 0 bridgehead atoms. The number of amides is 1. The second kappa shape index (κ2) is 8.42. The highest BCUT2D eigenvalue weighted by Crippen LogP contribution is 2.32. The summed E-state index contributed by atoms with van der Waals surface area (Å²) in [7, 11) is 0. The molecule has 0 fully saturated rings.